The van der Waals surface area contributed by atoms with Crippen LogP contribution in [0.5, 0.6) is 5.75 Å². The number of aliphatic hydroxyl groups is 1. The van der Waals surface area contributed by atoms with E-state index in [1.807, 2.05) is 18.2 Å². The van der Waals surface area contributed by atoms with E-state index in [2.05, 4.69) is 70.6 Å². The average molecular weight is 400 g/mol. The summed E-state index contributed by atoms with van der Waals surface area (Å²) in [6, 6.07) is 21.1. The maximum absolute atomic E-state index is 8.83. The molecule has 0 aromatic heterocycles. The van der Waals surface area contributed by atoms with Crippen LogP contribution < -0.4 is 10.1 Å². The molecule has 3 aromatic rings. The second-order valence-electron chi connectivity index (χ2n) is 6.00. The summed E-state index contributed by atoms with van der Waals surface area (Å²) in [5.41, 5.74) is 2.47. The van der Waals surface area contributed by atoms with Crippen molar-refractivity contribution in [2.45, 2.75) is 19.5 Å². The fourth-order valence-electron chi connectivity index (χ4n) is 2.93. The molecule has 2 N–H and O–H groups in total. The summed E-state index contributed by atoms with van der Waals surface area (Å²) < 4.78 is 6.43. The Balaban J connectivity index is 1.70. The molecule has 1 atom stereocenters. The average Bonchev–Trinajstić information content (AvgIpc) is 2.65. The summed E-state index contributed by atoms with van der Waals surface area (Å²) in [5, 5.41) is 15.0. The molecule has 0 aliphatic heterocycles. The number of fused-ring (bicyclic) bond motifs is 1. The van der Waals surface area contributed by atoms with Gasteiger partial charge in [-0.2, -0.15) is 0 Å². The predicted octanol–water partition coefficient (Wildman–Crippen LogP) is 4.82. The van der Waals surface area contributed by atoms with Crippen molar-refractivity contribution >= 4 is 26.7 Å². The highest BCUT2D eigenvalue weighted by molar-refractivity contribution is 9.10. The minimum Gasteiger partial charge on any atom is -0.491 e. The zero-order valence-electron chi connectivity index (χ0n) is 14.2. The molecule has 0 amide bonds. The molecule has 0 saturated heterocycles. The standard InChI is InChI=1S/C21H22BrNO2/c1-15(19-8-4-6-16-5-2-3-7-20(16)19)23-14-17-9-10-18(13-21(17)22)25-12-11-24/h2-10,13,15,23-24H,11-12,14H2,1H3. The Bertz CT molecular complexity index is 845. The summed E-state index contributed by atoms with van der Waals surface area (Å²) >= 11 is 3.60. The monoisotopic (exact) mass is 399 g/mol. The van der Waals surface area contributed by atoms with Crippen molar-refractivity contribution in [1.82, 2.24) is 5.32 Å². The molecule has 0 heterocycles. The van der Waals surface area contributed by atoms with E-state index in [0.717, 1.165) is 16.8 Å². The van der Waals surface area contributed by atoms with Crippen molar-refractivity contribution in [3.63, 3.8) is 0 Å². The molecule has 0 spiro atoms. The lowest BCUT2D eigenvalue weighted by atomic mass is 9.99. The van der Waals surface area contributed by atoms with Crippen molar-refractivity contribution in [2.75, 3.05) is 13.2 Å². The number of aliphatic hydroxyl groups excluding tert-OH is 1. The number of benzene rings is 3. The third-order valence-corrected chi connectivity index (χ3v) is 5.01. The zero-order chi connectivity index (χ0) is 17.6. The van der Waals surface area contributed by atoms with E-state index in [1.165, 1.54) is 21.9 Å². The molecule has 3 nitrogen and oxygen atoms in total. The summed E-state index contributed by atoms with van der Waals surface area (Å²) in [6.45, 7) is 3.27. The summed E-state index contributed by atoms with van der Waals surface area (Å²) in [6.07, 6.45) is 0. The van der Waals surface area contributed by atoms with Gasteiger partial charge < -0.3 is 15.2 Å². The van der Waals surface area contributed by atoms with E-state index in [1.54, 1.807) is 0 Å². The van der Waals surface area contributed by atoms with Crippen LogP contribution in [0, 0.1) is 0 Å². The van der Waals surface area contributed by atoms with Crippen LogP contribution in [0.15, 0.2) is 65.1 Å². The Morgan fingerprint density at radius 3 is 2.68 bits per heavy atom. The van der Waals surface area contributed by atoms with Gasteiger partial charge in [0.2, 0.25) is 0 Å². The second kappa shape index (κ2) is 8.48. The van der Waals surface area contributed by atoms with E-state index in [4.69, 9.17) is 9.84 Å². The topological polar surface area (TPSA) is 41.5 Å². The number of ether oxygens (including phenoxy) is 1. The van der Waals surface area contributed by atoms with Gasteiger partial charge in [-0.15, -0.1) is 0 Å². The van der Waals surface area contributed by atoms with Crippen molar-refractivity contribution in [3.8, 4) is 5.75 Å². The van der Waals surface area contributed by atoms with Gasteiger partial charge in [0.25, 0.3) is 0 Å². The van der Waals surface area contributed by atoms with Crippen LogP contribution in [0.1, 0.15) is 24.1 Å². The highest BCUT2D eigenvalue weighted by Crippen LogP contribution is 2.26. The minimum absolute atomic E-state index is 0.0173. The van der Waals surface area contributed by atoms with Crippen LogP contribution in [-0.2, 0) is 6.54 Å². The van der Waals surface area contributed by atoms with Crippen molar-refractivity contribution < 1.29 is 9.84 Å². The SMILES string of the molecule is CC(NCc1ccc(OCCO)cc1Br)c1cccc2ccccc12. The summed E-state index contributed by atoms with van der Waals surface area (Å²) in [5.74, 6) is 0.756. The first-order chi connectivity index (χ1) is 12.2. The van der Waals surface area contributed by atoms with Gasteiger partial charge in [-0.25, -0.2) is 0 Å². The van der Waals surface area contributed by atoms with Gasteiger partial charge in [0, 0.05) is 17.1 Å². The Morgan fingerprint density at radius 1 is 1.08 bits per heavy atom. The number of hydrogen-bond acceptors (Lipinski definition) is 3. The molecule has 25 heavy (non-hydrogen) atoms. The maximum atomic E-state index is 8.83. The molecule has 4 heteroatoms. The Morgan fingerprint density at radius 2 is 1.88 bits per heavy atom. The first-order valence-electron chi connectivity index (χ1n) is 8.42. The van der Waals surface area contributed by atoms with E-state index in [-0.39, 0.29) is 12.6 Å². The van der Waals surface area contributed by atoms with Gasteiger partial charge in [0.15, 0.2) is 0 Å². The van der Waals surface area contributed by atoms with Crippen LogP contribution in [-0.4, -0.2) is 18.3 Å². The fourth-order valence-corrected chi connectivity index (χ4v) is 3.42. The minimum atomic E-state index is 0.0173. The molecule has 3 rings (SSSR count). The fraction of sp³-hybridized carbons (Fsp3) is 0.238. The molecule has 130 valence electrons. The quantitative estimate of drug-likeness (QED) is 0.597. The highest BCUT2D eigenvalue weighted by atomic mass is 79.9. The molecule has 0 fully saturated rings. The third-order valence-electron chi connectivity index (χ3n) is 4.27. The lowest BCUT2D eigenvalue weighted by Crippen LogP contribution is -2.18. The molecular weight excluding hydrogens is 378 g/mol. The Labute approximate surface area is 156 Å². The zero-order valence-corrected chi connectivity index (χ0v) is 15.8. The van der Waals surface area contributed by atoms with Crippen molar-refractivity contribution in [3.05, 3.63) is 76.3 Å². The van der Waals surface area contributed by atoms with Crippen LogP contribution in [0.2, 0.25) is 0 Å². The maximum Gasteiger partial charge on any atom is 0.120 e. The van der Waals surface area contributed by atoms with Gasteiger partial charge in [-0.05, 0) is 41.0 Å². The van der Waals surface area contributed by atoms with Gasteiger partial charge in [-0.1, -0.05) is 64.5 Å². The van der Waals surface area contributed by atoms with Crippen molar-refractivity contribution in [1.29, 1.82) is 0 Å². The first-order valence-corrected chi connectivity index (χ1v) is 9.21. The smallest absolute Gasteiger partial charge is 0.120 e. The molecular formula is C21H22BrNO2. The number of hydrogen-bond donors (Lipinski definition) is 2. The summed E-state index contributed by atoms with van der Waals surface area (Å²) in [7, 11) is 0. The molecule has 0 radical (unpaired) electrons. The lowest BCUT2D eigenvalue weighted by Gasteiger charge is -2.17. The molecule has 0 aliphatic rings. The van der Waals surface area contributed by atoms with Crippen LogP contribution in [0.4, 0.5) is 0 Å². The van der Waals surface area contributed by atoms with E-state index in [0.29, 0.717) is 6.61 Å². The lowest BCUT2D eigenvalue weighted by molar-refractivity contribution is 0.201. The van der Waals surface area contributed by atoms with Gasteiger partial charge in [0.05, 0.1) is 6.61 Å². The molecule has 1 unspecified atom stereocenters. The Hall–Kier alpha value is -1.88. The molecule has 0 aliphatic carbocycles. The predicted molar refractivity (Wildman–Crippen MR) is 106 cm³/mol. The number of rotatable bonds is 7. The van der Waals surface area contributed by atoms with Gasteiger partial charge in [-0.3, -0.25) is 0 Å². The van der Waals surface area contributed by atoms with E-state index < -0.39 is 0 Å². The van der Waals surface area contributed by atoms with Gasteiger partial charge >= 0.3 is 0 Å². The van der Waals surface area contributed by atoms with Crippen molar-refractivity contribution in [2.24, 2.45) is 0 Å². The molecule has 3 aromatic carbocycles. The normalized spacial score (nSPS) is 12.3. The number of halogens is 1. The number of nitrogens with one attached hydrogen (secondary N) is 1. The highest BCUT2D eigenvalue weighted by Gasteiger charge is 2.10. The van der Waals surface area contributed by atoms with Crippen LogP contribution in [0.3, 0.4) is 0 Å². The van der Waals surface area contributed by atoms with E-state index in [9.17, 15) is 0 Å². The summed E-state index contributed by atoms with van der Waals surface area (Å²) in [4.78, 5) is 0. The van der Waals surface area contributed by atoms with Gasteiger partial charge in [0.1, 0.15) is 12.4 Å². The Kier molecular flexibility index (Phi) is 6.08. The largest absolute Gasteiger partial charge is 0.491 e. The van der Waals surface area contributed by atoms with E-state index >= 15 is 0 Å². The molecule has 0 saturated carbocycles. The van der Waals surface area contributed by atoms with Crippen LogP contribution >= 0.6 is 15.9 Å². The third kappa shape index (κ3) is 4.40. The second-order valence-corrected chi connectivity index (χ2v) is 6.85. The van der Waals surface area contributed by atoms with Crippen LogP contribution in [0.25, 0.3) is 10.8 Å². The first kappa shape index (κ1) is 17.9. The molecule has 0 bridgehead atoms.